The molecule has 4 nitrogen and oxygen atoms in total. The third-order valence-corrected chi connectivity index (χ3v) is 3.83. The van der Waals surface area contributed by atoms with E-state index in [-0.39, 0.29) is 5.91 Å². The molecule has 0 aliphatic carbocycles. The highest BCUT2D eigenvalue weighted by atomic mass is 16.5. The summed E-state index contributed by atoms with van der Waals surface area (Å²) >= 11 is 0. The maximum absolute atomic E-state index is 12.6. The number of nitrogens with zero attached hydrogens (tertiary/aromatic N) is 2. The predicted molar refractivity (Wildman–Crippen MR) is 94.2 cm³/mol. The molecule has 122 valence electrons. The zero-order valence-corrected chi connectivity index (χ0v) is 14.2. The molecule has 2 aromatic rings. The van der Waals surface area contributed by atoms with Crippen LogP contribution in [0.5, 0.6) is 5.75 Å². The third-order valence-electron chi connectivity index (χ3n) is 3.83. The summed E-state index contributed by atoms with van der Waals surface area (Å²) in [5.41, 5.74) is 2.95. The fraction of sp³-hybridized carbons (Fsp3) is 0.316. The lowest BCUT2D eigenvalue weighted by Crippen LogP contribution is -2.30. The normalized spacial score (nSPS) is 10.3. The second-order valence-electron chi connectivity index (χ2n) is 5.61. The van der Waals surface area contributed by atoms with E-state index >= 15 is 0 Å². The SMILES string of the molecule is CCN(Cc1ccc(N(C)C)cc1)C(=O)c1ccc(OC)cc1. The molecule has 0 aliphatic rings. The molecule has 0 aromatic heterocycles. The van der Waals surface area contributed by atoms with Crippen molar-refractivity contribution in [2.75, 3.05) is 32.6 Å². The number of rotatable bonds is 6. The third kappa shape index (κ3) is 4.25. The van der Waals surface area contributed by atoms with E-state index in [0.717, 1.165) is 17.0 Å². The number of amides is 1. The summed E-state index contributed by atoms with van der Waals surface area (Å²) in [5.74, 6) is 0.788. The van der Waals surface area contributed by atoms with E-state index < -0.39 is 0 Å². The van der Waals surface area contributed by atoms with Crippen LogP contribution in [0.15, 0.2) is 48.5 Å². The Morgan fingerprint density at radius 2 is 1.61 bits per heavy atom. The number of methoxy groups -OCH3 is 1. The largest absolute Gasteiger partial charge is 0.497 e. The number of hydrogen-bond donors (Lipinski definition) is 0. The molecule has 0 saturated heterocycles. The summed E-state index contributed by atoms with van der Waals surface area (Å²) in [6, 6.07) is 15.5. The zero-order valence-electron chi connectivity index (χ0n) is 14.2. The summed E-state index contributed by atoms with van der Waals surface area (Å²) in [6.45, 7) is 3.27. The number of carbonyl (C=O) groups excluding carboxylic acids is 1. The summed E-state index contributed by atoms with van der Waals surface area (Å²) in [4.78, 5) is 16.5. The first-order chi connectivity index (χ1) is 11.0. The Bertz CT molecular complexity index is 633. The summed E-state index contributed by atoms with van der Waals surface area (Å²) in [5, 5.41) is 0. The lowest BCUT2D eigenvalue weighted by atomic mass is 10.1. The van der Waals surface area contributed by atoms with Crippen molar-refractivity contribution in [3.63, 3.8) is 0 Å². The Labute approximate surface area is 138 Å². The van der Waals surface area contributed by atoms with Crippen LogP contribution < -0.4 is 9.64 Å². The van der Waals surface area contributed by atoms with Gasteiger partial charge in [-0.05, 0) is 48.9 Å². The molecule has 0 unspecified atom stereocenters. The van der Waals surface area contributed by atoms with Gasteiger partial charge in [0.1, 0.15) is 5.75 Å². The average Bonchev–Trinajstić information content (AvgIpc) is 2.59. The minimum absolute atomic E-state index is 0.0341. The lowest BCUT2D eigenvalue weighted by molar-refractivity contribution is 0.0752. The molecule has 0 saturated carbocycles. The summed E-state index contributed by atoms with van der Waals surface area (Å²) < 4.78 is 5.13. The number of carbonyl (C=O) groups is 1. The van der Waals surface area contributed by atoms with E-state index in [2.05, 4.69) is 29.2 Å². The van der Waals surface area contributed by atoms with Crippen LogP contribution in [0.4, 0.5) is 5.69 Å². The van der Waals surface area contributed by atoms with Gasteiger partial charge in [-0.1, -0.05) is 12.1 Å². The molecule has 0 aliphatic heterocycles. The fourth-order valence-electron chi connectivity index (χ4n) is 2.36. The number of benzene rings is 2. The molecule has 4 heteroatoms. The van der Waals surface area contributed by atoms with Crippen molar-refractivity contribution in [1.29, 1.82) is 0 Å². The number of ether oxygens (including phenoxy) is 1. The van der Waals surface area contributed by atoms with Gasteiger partial charge < -0.3 is 14.5 Å². The van der Waals surface area contributed by atoms with Crippen molar-refractivity contribution in [3.05, 3.63) is 59.7 Å². The van der Waals surface area contributed by atoms with Gasteiger partial charge in [0.2, 0.25) is 0 Å². The summed E-state index contributed by atoms with van der Waals surface area (Å²) in [7, 11) is 5.65. The molecule has 0 atom stereocenters. The van der Waals surface area contributed by atoms with Crippen LogP contribution in [-0.4, -0.2) is 38.6 Å². The molecule has 0 fully saturated rings. The molecule has 2 aromatic carbocycles. The van der Waals surface area contributed by atoms with Crippen molar-refractivity contribution in [1.82, 2.24) is 4.90 Å². The molecule has 0 heterocycles. The maximum Gasteiger partial charge on any atom is 0.254 e. The van der Waals surface area contributed by atoms with Gasteiger partial charge in [-0.3, -0.25) is 4.79 Å². The van der Waals surface area contributed by atoms with Gasteiger partial charge in [0.05, 0.1) is 7.11 Å². The summed E-state index contributed by atoms with van der Waals surface area (Å²) in [6.07, 6.45) is 0. The Balaban J connectivity index is 2.10. The molecule has 1 amide bonds. The van der Waals surface area contributed by atoms with Gasteiger partial charge >= 0.3 is 0 Å². The Hall–Kier alpha value is -2.49. The molecular weight excluding hydrogens is 288 g/mol. The smallest absolute Gasteiger partial charge is 0.254 e. The molecule has 0 N–H and O–H groups in total. The van der Waals surface area contributed by atoms with Crippen LogP contribution in [0.25, 0.3) is 0 Å². The first-order valence-corrected chi connectivity index (χ1v) is 7.74. The maximum atomic E-state index is 12.6. The van der Waals surface area contributed by atoms with Crippen molar-refractivity contribution in [2.45, 2.75) is 13.5 Å². The van der Waals surface area contributed by atoms with Crippen LogP contribution in [0, 0.1) is 0 Å². The van der Waals surface area contributed by atoms with Crippen LogP contribution in [-0.2, 0) is 6.54 Å². The van der Waals surface area contributed by atoms with Gasteiger partial charge in [0, 0.05) is 38.4 Å². The quantitative estimate of drug-likeness (QED) is 0.819. The van der Waals surface area contributed by atoms with E-state index in [0.29, 0.717) is 18.7 Å². The molecule has 23 heavy (non-hydrogen) atoms. The Morgan fingerprint density at radius 1 is 1.00 bits per heavy atom. The van der Waals surface area contributed by atoms with Crippen LogP contribution in [0.2, 0.25) is 0 Å². The van der Waals surface area contributed by atoms with Crippen molar-refractivity contribution < 1.29 is 9.53 Å². The molecule has 0 bridgehead atoms. The minimum atomic E-state index is 0.0341. The first-order valence-electron chi connectivity index (χ1n) is 7.74. The second kappa shape index (κ2) is 7.68. The molecule has 0 spiro atoms. The van der Waals surface area contributed by atoms with E-state index in [1.54, 1.807) is 19.2 Å². The average molecular weight is 312 g/mol. The van der Waals surface area contributed by atoms with Crippen LogP contribution in [0.1, 0.15) is 22.8 Å². The van der Waals surface area contributed by atoms with Crippen molar-refractivity contribution in [2.24, 2.45) is 0 Å². The molecule has 2 rings (SSSR count). The van der Waals surface area contributed by atoms with Crippen LogP contribution >= 0.6 is 0 Å². The van der Waals surface area contributed by atoms with Gasteiger partial charge in [0.15, 0.2) is 0 Å². The van der Waals surface area contributed by atoms with E-state index in [4.69, 9.17) is 4.74 Å². The van der Waals surface area contributed by atoms with E-state index in [1.807, 2.05) is 38.1 Å². The minimum Gasteiger partial charge on any atom is -0.497 e. The van der Waals surface area contributed by atoms with E-state index in [1.165, 1.54) is 0 Å². The highest BCUT2D eigenvalue weighted by Gasteiger charge is 2.14. The van der Waals surface area contributed by atoms with Gasteiger partial charge in [-0.2, -0.15) is 0 Å². The second-order valence-corrected chi connectivity index (χ2v) is 5.61. The van der Waals surface area contributed by atoms with Gasteiger partial charge in [-0.25, -0.2) is 0 Å². The zero-order chi connectivity index (χ0) is 16.8. The fourth-order valence-corrected chi connectivity index (χ4v) is 2.36. The van der Waals surface area contributed by atoms with E-state index in [9.17, 15) is 4.79 Å². The van der Waals surface area contributed by atoms with Crippen molar-refractivity contribution >= 4 is 11.6 Å². The highest BCUT2D eigenvalue weighted by molar-refractivity contribution is 5.94. The standard InChI is InChI=1S/C19H24N2O2/c1-5-21(14-15-6-10-17(11-7-15)20(2)3)19(22)16-8-12-18(23-4)13-9-16/h6-13H,5,14H2,1-4H3. The van der Waals surface area contributed by atoms with Gasteiger partial charge in [0.25, 0.3) is 5.91 Å². The highest BCUT2D eigenvalue weighted by Crippen LogP contribution is 2.17. The number of hydrogen-bond acceptors (Lipinski definition) is 3. The lowest BCUT2D eigenvalue weighted by Gasteiger charge is -2.22. The van der Waals surface area contributed by atoms with Gasteiger partial charge in [-0.15, -0.1) is 0 Å². The first kappa shape index (κ1) is 16.9. The van der Waals surface area contributed by atoms with Crippen molar-refractivity contribution in [3.8, 4) is 5.75 Å². The Morgan fingerprint density at radius 3 is 2.09 bits per heavy atom. The monoisotopic (exact) mass is 312 g/mol. The van der Waals surface area contributed by atoms with Crippen LogP contribution in [0.3, 0.4) is 0 Å². The predicted octanol–water partition coefficient (Wildman–Crippen LogP) is 3.42. The molecular formula is C19H24N2O2. The number of anilines is 1. The Kier molecular flexibility index (Phi) is 5.63. The molecule has 0 radical (unpaired) electrons. The topological polar surface area (TPSA) is 32.8 Å².